The van der Waals surface area contributed by atoms with Gasteiger partial charge in [0.2, 0.25) is 0 Å². The second-order valence-corrected chi connectivity index (χ2v) is 7.74. The van der Waals surface area contributed by atoms with E-state index in [0.29, 0.717) is 33.4 Å². The third-order valence-electron chi connectivity index (χ3n) is 5.72. The topological polar surface area (TPSA) is 81.1 Å². The number of benzene rings is 3. The first-order valence-corrected chi connectivity index (χ1v) is 10.5. The van der Waals surface area contributed by atoms with Crippen LogP contribution in [0.4, 0.5) is 4.39 Å². The van der Waals surface area contributed by atoms with Crippen molar-refractivity contribution in [3.63, 3.8) is 0 Å². The molecule has 33 heavy (non-hydrogen) atoms. The zero-order chi connectivity index (χ0) is 22.9. The molecule has 5 rings (SSSR count). The Balaban J connectivity index is 1.75. The maximum Gasteiger partial charge on any atom is 0.293 e. The lowest BCUT2D eigenvalue weighted by Gasteiger charge is -2.15. The SMILES string of the molecule is NCc1ccc(-c2ccc(-c3c(-c4ccccc4)c(=O)n(O)c4ncc(F)cc34)cc2)cc1. The maximum absolute atomic E-state index is 14.2. The van der Waals surface area contributed by atoms with Gasteiger partial charge in [-0.15, -0.1) is 4.73 Å². The van der Waals surface area contributed by atoms with Gasteiger partial charge in [0.15, 0.2) is 5.65 Å². The minimum absolute atomic E-state index is 0.00229. The zero-order valence-electron chi connectivity index (χ0n) is 17.6. The molecule has 0 fully saturated rings. The molecule has 2 aromatic heterocycles. The van der Waals surface area contributed by atoms with Crippen molar-refractivity contribution < 1.29 is 9.60 Å². The van der Waals surface area contributed by atoms with Gasteiger partial charge < -0.3 is 10.9 Å². The van der Waals surface area contributed by atoms with E-state index in [1.54, 1.807) is 12.1 Å². The van der Waals surface area contributed by atoms with E-state index in [1.807, 2.05) is 66.7 Å². The molecule has 3 aromatic carbocycles. The first-order chi connectivity index (χ1) is 16.1. The zero-order valence-corrected chi connectivity index (χ0v) is 17.6. The fourth-order valence-electron chi connectivity index (χ4n) is 4.06. The molecule has 2 heterocycles. The summed E-state index contributed by atoms with van der Waals surface area (Å²) < 4.78 is 14.7. The summed E-state index contributed by atoms with van der Waals surface area (Å²) >= 11 is 0. The largest absolute Gasteiger partial charge is 0.423 e. The van der Waals surface area contributed by atoms with Gasteiger partial charge in [-0.25, -0.2) is 9.37 Å². The number of pyridine rings is 2. The summed E-state index contributed by atoms with van der Waals surface area (Å²) in [6, 6.07) is 26.0. The molecule has 0 bridgehead atoms. The molecule has 0 spiro atoms. The van der Waals surface area contributed by atoms with Crippen LogP contribution < -0.4 is 11.3 Å². The monoisotopic (exact) mass is 437 g/mol. The quantitative estimate of drug-likeness (QED) is 0.377. The molecule has 0 atom stereocenters. The standard InChI is InChI=1S/C27H20FN3O2/c28-22-14-23-24(21-12-10-19(11-13-21)18-8-6-17(15-29)7-9-18)25(20-4-2-1-3-5-20)27(32)31(33)26(23)30-16-22/h1-14,16,33H,15,29H2. The van der Waals surface area contributed by atoms with Crippen molar-refractivity contribution in [3.05, 3.63) is 113 Å². The number of hydrogen-bond donors (Lipinski definition) is 2. The smallest absolute Gasteiger partial charge is 0.293 e. The predicted molar refractivity (Wildman–Crippen MR) is 127 cm³/mol. The highest BCUT2D eigenvalue weighted by atomic mass is 19.1. The third-order valence-corrected chi connectivity index (χ3v) is 5.72. The fraction of sp³-hybridized carbons (Fsp3) is 0.0370. The van der Waals surface area contributed by atoms with Crippen LogP contribution in [0.2, 0.25) is 0 Å². The van der Waals surface area contributed by atoms with Crippen LogP contribution in [0.1, 0.15) is 5.56 Å². The Kier molecular flexibility index (Phi) is 5.20. The molecule has 0 saturated heterocycles. The normalized spacial score (nSPS) is 11.1. The number of hydrogen-bond acceptors (Lipinski definition) is 4. The number of nitrogens with two attached hydrogens (primary N) is 1. The lowest BCUT2D eigenvalue weighted by atomic mass is 9.92. The van der Waals surface area contributed by atoms with Crippen molar-refractivity contribution in [3.8, 4) is 33.4 Å². The molecule has 162 valence electrons. The van der Waals surface area contributed by atoms with E-state index in [4.69, 9.17) is 5.73 Å². The van der Waals surface area contributed by atoms with Crippen molar-refractivity contribution in [2.45, 2.75) is 6.54 Å². The van der Waals surface area contributed by atoms with Crippen molar-refractivity contribution in [1.82, 2.24) is 9.71 Å². The Bertz CT molecular complexity index is 1510. The van der Waals surface area contributed by atoms with E-state index in [-0.39, 0.29) is 11.2 Å². The summed E-state index contributed by atoms with van der Waals surface area (Å²) in [7, 11) is 0. The molecule has 0 amide bonds. The van der Waals surface area contributed by atoms with E-state index >= 15 is 0 Å². The van der Waals surface area contributed by atoms with E-state index < -0.39 is 11.4 Å². The summed E-state index contributed by atoms with van der Waals surface area (Å²) in [6.07, 6.45) is 0.981. The van der Waals surface area contributed by atoms with E-state index in [2.05, 4.69) is 4.98 Å². The summed E-state index contributed by atoms with van der Waals surface area (Å²) in [5, 5.41) is 10.9. The van der Waals surface area contributed by atoms with Crippen LogP contribution >= 0.6 is 0 Å². The maximum atomic E-state index is 14.2. The lowest BCUT2D eigenvalue weighted by molar-refractivity contribution is 0.187. The summed E-state index contributed by atoms with van der Waals surface area (Å²) in [5.41, 5.74) is 10.3. The van der Waals surface area contributed by atoms with Gasteiger partial charge in [0, 0.05) is 17.5 Å². The molecule has 0 saturated carbocycles. The second-order valence-electron chi connectivity index (χ2n) is 7.74. The van der Waals surface area contributed by atoms with E-state index in [1.165, 1.54) is 6.07 Å². The molecule has 0 aliphatic carbocycles. The Morgan fingerprint density at radius 3 is 2.03 bits per heavy atom. The lowest BCUT2D eigenvalue weighted by Crippen LogP contribution is -2.22. The van der Waals surface area contributed by atoms with Crippen LogP contribution in [-0.4, -0.2) is 14.9 Å². The predicted octanol–water partition coefficient (Wildman–Crippen LogP) is 5.23. The van der Waals surface area contributed by atoms with Crippen LogP contribution in [0.25, 0.3) is 44.4 Å². The van der Waals surface area contributed by atoms with Gasteiger partial charge in [-0.3, -0.25) is 4.79 Å². The summed E-state index contributed by atoms with van der Waals surface area (Å²) in [6.45, 7) is 0.482. The van der Waals surface area contributed by atoms with E-state index in [0.717, 1.165) is 22.9 Å². The Morgan fingerprint density at radius 1 is 0.818 bits per heavy atom. The second kappa shape index (κ2) is 8.33. The molecule has 0 radical (unpaired) electrons. The van der Waals surface area contributed by atoms with Crippen molar-refractivity contribution >= 4 is 11.0 Å². The number of aromatic nitrogens is 2. The van der Waals surface area contributed by atoms with Crippen LogP contribution in [0.3, 0.4) is 0 Å². The van der Waals surface area contributed by atoms with Gasteiger partial charge in [0.25, 0.3) is 5.56 Å². The molecule has 0 unspecified atom stereocenters. The van der Waals surface area contributed by atoms with Crippen molar-refractivity contribution in [2.75, 3.05) is 0 Å². The summed E-state index contributed by atoms with van der Waals surface area (Å²) in [5.74, 6) is -0.557. The minimum Gasteiger partial charge on any atom is -0.423 e. The van der Waals surface area contributed by atoms with Gasteiger partial charge in [-0.2, -0.15) is 0 Å². The highest BCUT2D eigenvalue weighted by Gasteiger charge is 2.21. The third kappa shape index (κ3) is 3.66. The fourth-order valence-corrected chi connectivity index (χ4v) is 4.06. The molecule has 6 heteroatoms. The molecular weight excluding hydrogens is 417 g/mol. The number of rotatable bonds is 4. The van der Waals surface area contributed by atoms with Gasteiger partial charge >= 0.3 is 0 Å². The Morgan fingerprint density at radius 2 is 1.39 bits per heavy atom. The molecule has 5 nitrogen and oxygen atoms in total. The van der Waals surface area contributed by atoms with Gasteiger partial charge in [-0.05, 0) is 33.9 Å². The Hall–Kier alpha value is -4.29. The average molecular weight is 437 g/mol. The molecule has 3 N–H and O–H groups in total. The van der Waals surface area contributed by atoms with Crippen molar-refractivity contribution in [1.29, 1.82) is 0 Å². The number of fused-ring (bicyclic) bond motifs is 1. The van der Waals surface area contributed by atoms with Crippen LogP contribution in [0.15, 0.2) is 95.9 Å². The van der Waals surface area contributed by atoms with Gasteiger partial charge in [-0.1, -0.05) is 78.9 Å². The molecule has 0 aliphatic rings. The molecular formula is C27H20FN3O2. The highest BCUT2D eigenvalue weighted by molar-refractivity contribution is 6.01. The number of halogens is 1. The first-order valence-electron chi connectivity index (χ1n) is 10.5. The van der Waals surface area contributed by atoms with Crippen LogP contribution in [0.5, 0.6) is 0 Å². The average Bonchev–Trinajstić information content (AvgIpc) is 2.86. The van der Waals surface area contributed by atoms with Crippen molar-refractivity contribution in [2.24, 2.45) is 5.73 Å². The molecule has 0 aliphatic heterocycles. The van der Waals surface area contributed by atoms with Crippen LogP contribution in [0, 0.1) is 5.82 Å². The Labute approximate surface area is 189 Å². The van der Waals surface area contributed by atoms with Gasteiger partial charge in [0.1, 0.15) is 5.82 Å². The minimum atomic E-state index is -0.621. The first kappa shape index (κ1) is 20.6. The number of nitrogens with zero attached hydrogens (tertiary/aromatic N) is 2. The van der Waals surface area contributed by atoms with E-state index in [9.17, 15) is 14.4 Å². The summed E-state index contributed by atoms with van der Waals surface area (Å²) in [4.78, 5) is 17.2. The molecule has 5 aromatic rings. The highest BCUT2D eigenvalue weighted by Crippen LogP contribution is 2.36. The van der Waals surface area contributed by atoms with Crippen LogP contribution in [-0.2, 0) is 6.54 Å². The van der Waals surface area contributed by atoms with Gasteiger partial charge in [0.05, 0.1) is 11.8 Å².